The van der Waals surface area contributed by atoms with Gasteiger partial charge in [-0.05, 0) is 111 Å². The zero-order valence-corrected chi connectivity index (χ0v) is 23.6. The zero-order valence-electron chi connectivity index (χ0n) is 23.6. The first-order chi connectivity index (χ1) is 17.2. The molecule has 3 fully saturated rings. The molecule has 0 aromatic heterocycles. The van der Waals surface area contributed by atoms with Crippen LogP contribution in [0.1, 0.15) is 159 Å². The van der Waals surface area contributed by atoms with E-state index < -0.39 is 0 Å². The fourth-order valence-electron chi connectivity index (χ4n) is 8.28. The molecule has 0 bridgehead atoms. The Kier molecular flexibility index (Phi) is 11.6. The number of aryl methyl sites for hydroxylation is 1. The lowest BCUT2D eigenvalue weighted by Crippen LogP contribution is -2.26. The summed E-state index contributed by atoms with van der Waals surface area (Å²) in [5.74, 6) is 6.06. The van der Waals surface area contributed by atoms with Crippen molar-refractivity contribution in [2.45, 2.75) is 155 Å². The lowest BCUT2D eigenvalue weighted by Gasteiger charge is -2.38. The van der Waals surface area contributed by atoms with Crippen molar-refractivity contribution in [3.63, 3.8) is 0 Å². The molecule has 198 valence electrons. The number of hydrogen-bond acceptors (Lipinski definition) is 0. The van der Waals surface area contributed by atoms with Crippen LogP contribution in [-0.2, 0) is 6.42 Å². The fraction of sp³-hybridized carbons (Fsp3) is 0.829. The second kappa shape index (κ2) is 14.8. The standard InChI is InChI=1S/C35H58/c1-3-5-6-7-9-29-14-22-33(23-15-29)35-26-18-31(19-27-35)11-10-30-16-24-34(25-17-30)32-20-12-28(8-4-2)13-21-32/h16-17,24-25,28-29,31-33,35H,3-15,18-23,26-27H2,1-2H3/t28-,29-,31-,32-,33-,35-. The van der Waals surface area contributed by atoms with Crippen molar-refractivity contribution in [2.24, 2.45) is 29.6 Å². The average molecular weight is 479 g/mol. The first-order valence-electron chi connectivity index (χ1n) is 16.3. The Morgan fingerprint density at radius 1 is 0.514 bits per heavy atom. The summed E-state index contributed by atoms with van der Waals surface area (Å²) < 4.78 is 0. The first kappa shape index (κ1) is 27.3. The van der Waals surface area contributed by atoms with Crippen LogP contribution in [0.5, 0.6) is 0 Å². The fourth-order valence-corrected chi connectivity index (χ4v) is 8.28. The Labute approximate surface area is 219 Å². The highest BCUT2D eigenvalue weighted by molar-refractivity contribution is 5.26. The molecular weight excluding hydrogens is 420 g/mol. The molecule has 3 saturated carbocycles. The molecule has 0 nitrogen and oxygen atoms in total. The maximum absolute atomic E-state index is 2.48. The summed E-state index contributed by atoms with van der Waals surface area (Å²) in [5, 5.41) is 0. The lowest BCUT2D eigenvalue weighted by atomic mass is 9.68. The van der Waals surface area contributed by atoms with E-state index in [-0.39, 0.29) is 0 Å². The second-order valence-electron chi connectivity index (χ2n) is 13.2. The molecule has 4 rings (SSSR count). The molecule has 1 aromatic carbocycles. The summed E-state index contributed by atoms with van der Waals surface area (Å²) in [7, 11) is 0. The molecule has 0 saturated heterocycles. The summed E-state index contributed by atoms with van der Waals surface area (Å²) in [5.41, 5.74) is 3.22. The van der Waals surface area contributed by atoms with Gasteiger partial charge in [0.2, 0.25) is 0 Å². The molecule has 0 heteroatoms. The van der Waals surface area contributed by atoms with E-state index in [1.165, 1.54) is 109 Å². The summed E-state index contributed by atoms with van der Waals surface area (Å²) in [4.78, 5) is 0. The smallest absolute Gasteiger partial charge is 0.0162 e. The maximum Gasteiger partial charge on any atom is -0.0162 e. The van der Waals surface area contributed by atoms with Gasteiger partial charge < -0.3 is 0 Å². The molecule has 0 amide bonds. The minimum Gasteiger partial charge on any atom is -0.0654 e. The van der Waals surface area contributed by atoms with Crippen molar-refractivity contribution in [2.75, 3.05) is 0 Å². The topological polar surface area (TPSA) is 0 Å². The quantitative estimate of drug-likeness (QED) is 0.262. The highest BCUT2D eigenvalue weighted by Gasteiger charge is 2.30. The highest BCUT2D eigenvalue weighted by Crippen LogP contribution is 2.43. The van der Waals surface area contributed by atoms with E-state index in [4.69, 9.17) is 0 Å². The minimum absolute atomic E-state index is 0.837. The van der Waals surface area contributed by atoms with Crippen LogP contribution in [0, 0.1) is 29.6 Å². The molecule has 0 N–H and O–H groups in total. The molecular formula is C35H58. The Hall–Kier alpha value is -0.780. The van der Waals surface area contributed by atoms with E-state index in [9.17, 15) is 0 Å². The molecule has 1 aromatic rings. The third-order valence-electron chi connectivity index (χ3n) is 10.8. The van der Waals surface area contributed by atoms with Crippen molar-refractivity contribution in [1.82, 2.24) is 0 Å². The van der Waals surface area contributed by atoms with E-state index in [1.807, 2.05) is 0 Å². The molecule has 0 aliphatic heterocycles. The van der Waals surface area contributed by atoms with Crippen LogP contribution in [0.25, 0.3) is 0 Å². The summed E-state index contributed by atoms with van der Waals surface area (Å²) in [6.07, 6.45) is 31.0. The van der Waals surface area contributed by atoms with Crippen molar-refractivity contribution < 1.29 is 0 Å². The molecule has 0 atom stereocenters. The molecule has 3 aliphatic rings. The third-order valence-corrected chi connectivity index (χ3v) is 10.8. The van der Waals surface area contributed by atoms with Gasteiger partial charge in [-0.1, -0.05) is 109 Å². The van der Waals surface area contributed by atoms with E-state index >= 15 is 0 Å². The molecule has 0 spiro atoms. The normalized spacial score (nSPS) is 31.9. The van der Waals surface area contributed by atoms with Gasteiger partial charge in [-0.15, -0.1) is 0 Å². The summed E-state index contributed by atoms with van der Waals surface area (Å²) in [6, 6.07) is 9.91. The maximum atomic E-state index is 2.48. The number of rotatable bonds is 12. The first-order valence-corrected chi connectivity index (χ1v) is 16.3. The third kappa shape index (κ3) is 8.64. The van der Waals surface area contributed by atoms with Crippen LogP contribution in [0.15, 0.2) is 24.3 Å². The van der Waals surface area contributed by atoms with Gasteiger partial charge in [-0.25, -0.2) is 0 Å². The SMILES string of the molecule is CCCCCC[C@H]1CC[C@H]([C@H]2CC[C@H](CCc3ccc([C@H]4CC[C@H](CCC)CC4)cc3)CC2)CC1. The van der Waals surface area contributed by atoms with E-state index in [0.29, 0.717) is 0 Å². The van der Waals surface area contributed by atoms with Gasteiger partial charge in [-0.3, -0.25) is 0 Å². The van der Waals surface area contributed by atoms with Gasteiger partial charge in [0.05, 0.1) is 0 Å². The number of benzene rings is 1. The predicted octanol–water partition coefficient (Wildman–Crippen LogP) is 11.3. The van der Waals surface area contributed by atoms with E-state index in [0.717, 1.165) is 35.5 Å². The van der Waals surface area contributed by atoms with Crippen LogP contribution in [0.4, 0.5) is 0 Å². The van der Waals surface area contributed by atoms with Crippen LogP contribution in [0.3, 0.4) is 0 Å². The molecule has 0 heterocycles. The van der Waals surface area contributed by atoms with Crippen molar-refractivity contribution in [1.29, 1.82) is 0 Å². The Morgan fingerprint density at radius 3 is 1.63 bits per heavy atom. The largest absolute Gasteiger partial charge is 0.0654 e. The summed E-state index contributed by atoms with van der Waals surface area (Å²) in [6.45, 7) is 4.68. The van der Waals surface area contributed by atoms with Crippen molar-refractivity contribution in [3.05, 3.63) is 35.4 Å². The van der Waals surface area contributed by atoms with Gasteiger partial charge in [0.15, 0.2) is 0 Å². The lowest BCUT2D eigenvalue weighted by molar-refractivity contribution is 0.140. The Morgan fingerprint density at radius 2 is 1.06 bits per heavy atom. The predicted molar refractivity (Wildman–Crippen MR) is 154 cm³/mol. The van der Waals surface area contributed by atoms with Crippen LogP contribution in [-0.4, -0.2) is 0 Å². The average Bonchev–Trinajstić information content (AvgIpc) is 2.92. The van der Waals surface area contributed by atoms with Crippen molar-refractivity contribution in [3.8, 4) is 0 Å². The molecule has 3 aliphatic carbocycles. The zero-order chi connectivity index (χ0) is 24.3. The van der Waals surface area contributed by atoms with Crippen LogP contribution >= 0.6 is 0 Å². The minimum atomic E-state index is 0.837. The highest BCUT2D eigenvalue weighted by atomic mass is 14.4. The van der Waals surface area contributed by atoms with Gasteiger partial charge in [0.25, 0.3) is 0 Å². The van der Waals surface area contributed by atoms with Gasteiger partial charge in [0.1, 0.15) is 0 Å². The monoisotopic (exact) mass is 478 g/mol. The summed E-state index contributed by atoms with van der Waals surface area (Å²) >= 11 is 0. The number of unbranched alkanes of at least 4 members (excludes halogenated alkanes) is 3. The van der Waals surface area contributed by atoms with Gasteiger partial charge in [-0.2, -0.15) is 0 Å². The van der Waals surface area contributed by atoms with E-state index in [1.54, 1.807) is 36.8 Å². The molecule has 0 radical (unpaired) electrons. The van der Waals surface area contributed by atoms with Crippen LogP contribution < -0.4 is 0 Å². The van der Waals surface area contributed by atoms with Gasteiger partial charge >= 0.3 is 0 Å². The van der Waals surface area contributed by atoms with Crippen LogP contribution in [0.2, 0.25) is 0 Å². The number of hydrogen-bond donors (Lipinski definition) is 0. The second-order valence-corrected chi connectivity index (χ2v) is 13.2. The molecule has 0 unspecified atom stereocenters. The molecule has 35 heavy (non-hydrogen) atoms. The van der Waals surface area contributed by atoms with Gasteiger partial charge in [0, 0.05) is 0 Å². The Balaban J connectivity index is 1.10. The van der Waals surface area contributed by atoms with E-state index in [2.05, 4.69) is 38.1 Å². The Bertz CT molecular complexity index is 662. The van der Waals surface area contributed by atoms with Crippen molar-refractivity contribution >= 4 is 0 Å².